The molecule has 0 bridgehead atoms. The van der Waals surface area contributed by atoms with Crippen molar-refractivity contribution < 1.29 is 51.0 Å². The fourth-order valence-electron chi connectivity index (χ4n) is 6.48. The van der Waals surface area contributed by atoms with Crippen LogP contribution >= 0.6 is 47.0 Å². The van der Waals surface area contributed by atoms with Crippen LogP contribution in [0.1, 0.15) is 11.1 Å². The van der Waals surface area contributed by atoms with Crippen LogP contribution in [0.3, 0.4) is 0 Å². The van der Waals surface area contributed by atoms with E-state index in [1.54, 1.807) is 0 Å². The summed E-state index contributed by atoms with van der Waals surface area (Å²) in [4.78, 5) is 5.49. The molecule has 0 unspecified atom stereocenters. The fraction of sp³-hybridized carbons (Fsp3) is 0.100. The smallest absolute Gasteiger partial charge is 1.00 e. The first-order valence-corrected chi connectivity index (χ1v) is 19.5. The zero-order chi connectivity index (χ0) is 30.2. The van der Waals surface area contributed by atoms with E-state index in [0.717, 1.165) is 0 Å². The van der Waals surface area contributed by atoms with Crippen molar-refractivity contribution in [1.82, 2.24) is 0 Å². The van der Waals surface area contributed by atoms with E-state index < -0.39 is 0 Å². The SMILES string of the molecule is CSC1=CC=C2C=C(SC)C(c3cccc4ccccc34)=C21.CSC1=CC=C2C=C(SC)C(c3cccc4ccccc34)=C21.[Cl-].[Cl-].[Zr+2]. The predicted octanol–water partition coefficient (Wildman–Crippen LogP) is 6.09. The quantitative estimate of drug-likeness (QED) is 0.232. The third-order valence-corrected chi connectivity index (χ3v) is 11.5. The van der Waals surface area contributed by atoms with Gasteiger partial charge in [-0.2, -0.15) is 0 Å². The molecule has 0 amide bonds. The van der Waals surface area contributed by atoms with Gasteiger partial charge < -0.3 is 24.8 Å². The zero-order valence-electron chi connectivity index (χ0n) is 26.4. The summed E-state index contributed by atoms with van der Waals surface area (Å²) in [5, 5.41) is 5.28. The van der Waals surface area contributed by atoms with E-state index in [4.69, 9.17) is 0 Å². The van der Waals surface area contributed by atoms with Crippen LogP contribution in [0.15, 0.2) is 163 Å². The van der Waals surface area contributed by atoms with Gasteiger partial charge in [0.2, 0.25) is 0 Å². The van der Waals surface area contributed by atoms with E-state index in [0.29, 0.717) is 0 Å². The number of allylic oxidation sites excluding steroid dienone is 12. The topological polar surface area (TPSA) is 0 Å². The molecule has 0 radical (unpaired) electrons. The van der Waals surface area contributed by atoms with Crippen LogP contribution in [0.4, 0.5) is 0 Å². The van der Waals surface area contributed by atoms with Crippen LogP contribution in [0, 0.1) is 0 Å². The summed E-state index contributed by atoms with van der Waals surface area (Å²) < 4.78 is 0. The maximum Gasteiger partial charge on any atom is 2.00 e. The summed E-state index contributed by atoms with van der Waals surface area (Å²) in [7, 11) is 0. The first kappa shape index (κ1) is 38.0. The minimum atomic E-state index is 0. The van der Waals surface area contributed by atoms with Crippen molar-refractivity contribution >= 4 is 79.7 Å². The van der Waals surface area contributed by atoms with Gasteiger partial charge in [-0.3, -0.25) is 0 Å². The molecule has 0 nitrogen and oxygen atoms in total. The van der Waals surface area contributed by atoms with Gasteiger partial charge in [-0.25, -0.2) is 0 Å². The normalized spacial score (nSPS) is 15.7. The van der Waals surface area contributed by atoms with E-state index in [2.05, 4.69) is 146 Å². The summed E-state index contributed by atoms with van der Waals surface area (Å²) in [5.74, 6) is 0. The summed E-state index contributed by atoms with van der Waals surface area (Å²) in [6.45, 7) is 0. The van der Waals surface area contributed by atoms with Gasteiger partial charge in [0, 0.05) is 41.9 Å². The molecule has 0 atom stereocenters. The largest absolute Gasteiger partial charge is 2.00 e. The van der Waals surface area contributed by atoms with Gasteiger partial charge in [-0.1, -0.05) is 97.1 Å². The summed E-state index contributed by atoms with van der Waals surface area (Å²) >= 11 is 7.35. The number of hydrogen-bond acceptors (Lipinski definition) is 4. The Hall–Kier alpha value is -1.82. The molecule has 0 heterocycles. The van der Waals surface area contributed by atoms with Gasteiger partial charge in [0.25, 0.3) is 0 Å². The summed E-state index contributed by atoms with van der Waals surface area (Å²) in [6.07, 6.45) is 22.3. The Labute approximate surface area is 327 Å². The Morgan fingerprint density at radius 3 is 1.13 bits per heavy atom. The van der Waals surface area contributed by atoms with Gasteiger partial charge >= 0.3 is 26.2 Å². The molecule has 0 aliphatic heterocycles. The van der Waals surface area contributed by atoms with E-state index in [1.165, 1.54) is 85.7 Å². The minimum Gasteiger partial charge on any atom is -1.00 e. The van der Waals surface area contributed by atoms with E-state index >= 15 is 0 Å². The van der Waals surface area contributed by atoms with Crippen LogP contribution in [0.2, 0.25) is 0 Å². The molecule has 47 heavy (non-hydrogen) atoms. The van der Waals surface area contributed by atoms with Crippen LogP contribution in [0.25, 0.3) is 32.7 Å². The predicted molar refractivity (Wildman–Crippen MR) is 204 cm³/mol. The molecule has 0 aromatic heterocycles. The van der Waals surface area contributed by atoms with Crippen molar-refractivity contribution in [1.29, 1.82) is 0 Å². The number of thioether (sulfide) groups is 4. The number of benzene rings is 4. The van der Waals surface area contributed by atoms with Crippen LogP contribution in [0.5, 0.6) is 0 Å². The third kappa shape index (κ3) is 6.97. The molecule has 4 aromatic carbocycles. The van der Waals surface area contributed by atoms with Crippen LogP contribution in [-0.2, 0) is 26.2 Å². The average molecular weight is 803 g/mol. The Balaban J connectivity index is 0.000000200. The molecule has 4 aliphatic rings. The molecule has 0 saturated carbocycles. The van der Waals surface area contributed by atoms with Gasteiger partial charge in [0.15, 0.2) is 0 Å². The Morgan fingerprint density at radius 2 is 0.745 bits per heavy atom. The molecule has 0 saturated heterocycles. The van der Waals surface area contributed by atoms with Gasteiger partial charge in [-0.15, -0.1) is 47.0 Å². The zero-order valence-corrected chi connectivity index (χ0v) is 33.7. The Morgan fingerprint density at radius 1 is 0.383 bits per heavy atom. The standard InChI is InChI=1S/2C20H16S2.2ClH.Zr/c2*1-21-17-11-10-14-12-18(22-2)20(19(14)17)16-9-5-7-13-6-3-4-8-15(13)16;;;/h2*3-12H,1-2H3;2*1H;/q;;;;+2/p-2. The molecule has 7 heteroatoms. The van der Waals surface area contributed by atoms with Crippen molar-refractivity contribution in [3.63, 3.8) is 0 Å². The molecule has 4 aliphatic carbocycles. The summed E-state index contributed by atoms with van der Waals surface area (Å²) in [5.41, 5.74) is 11.0. The maximum absolute atomic E-state index is 2.33. The van der Waals surface area contributed by atoms with E-state index in [9.17, 15) is 0 Å². The van der Waals surface area contributed by atoms with E-state index in [-0.39, 0.29) is 51.0 Å². The Bertz CT molecular complexity index is 1950. The first-order chi connectivity index (χ1) is 21.7. The molecular weight excluding hydrogens is 771 g/mol. The maximum atomic E-state index is 2.33. The van der Waals surface area contributed by atoms with E-state index in [1.807, 2.05) is 47.0 Å². The molecule has 4 aromatic rings. The molecule has 234 valence electrons. The van der Waals surface area contributed by atoms with Crippen LogP contribution in [-0.4, -0.2) is 25.0 Å². The third-order valence-electron chi connectivity index (χ3n) is 8.46. The van der Waals surface area contributed by atoms with Crippen molar-refractivity contribution in [3.8, 4) is 0 Å². The number of rotatable bonds is 6. The van der Waals surface area contributed by atoms with Crippen molar-refractivity contribution in [3.05, 3.63) is 174 Å². The van der Waals surface area contributed by atoms with Gasteiger partial charge in [0.05, 0.1) is 0 Å². The van der Waals surface area contributed by atoms with Crippen LogP contribution < -0.4 is 24.8 Å². The molecule has 0 fully saturated rings. The van der Waals surface area contributed by atoms with Crippen molar-refractivity contribution in [2.45, 2.75) is 0 Å². The monoisotopic (exact) mass is 800 g/mol. The number of hydrogen-bond donors (Lipinski definition) is 0. The van der Waals surface area contributed by atoms with Crippen molar-refractivity contribution in [2.75, 3.05) is 25.0 Å². The molecule has 0 spiro atoms. The second-order valence-corrected chi connectivity index (χ2v) is 14.1. The minimum absolute atomic E-state index is 0. The molecule has 0 N–H and O–H groups in total. The second kappa shape index (κ2) is 16.7. The second-order valence-electron chi connectivity index (χ2n) is 10.7. The molecular formula is C40H32Cl2S4Zr. The van der Waals surface area contributed by atoms with Crippen molar-refractivity contribution in [2.24, 2.45) is 0 Å². The van der Waals surface area contributed by atoms with Gasteiger partial charge in [0.1, 0.15) is 0 Å². The number of fused-ring (bicyclic) bond motifs is 4. The first-order valence-electron chi connectivity index (χ1n) is 14.6. The fourth-order valence-corrected chi connectivity index (χ4v) is 9.06. The summed E-state index contributed by atoms with van der Waals surface area (Å²) in [6, 6.07) is 30.6. The molecule has 8 rings (SSSR count). The van der Waals surface area contributed by atoms with Gasteiger partial charge in [-0.05, 0) is 93.1 Å². The average Bonchev–Trinajstić information content (AvgIpc) is 3.84. The Kier molecular flexibility index (Phi) is 13.5. The number of halogens is 2.